The van der Waals surface area contributed by atoms with Crippen molar-refractivity contribution in [3.8, 4) is 0 Å². The quantitative estimate of drug-likeness (QED) is 0.863. The van der Waals surface area contributed by atoms with Crippen LogP contribution in [0.4, 0.5) is 0 Å². The molecule has 0 aliphatic carbocycles. The minimum absolute atomic E-state index is 0.0281. The van der Waals surface area contributed by atoms with E-state index in [1.807, 2.05) is 18.7 Å². The molecule has 0 aromatic carbocycles. The van der Waals surface area contributed by atoms with E-state index in [1.54, 1.807) is 6.07 Å². The Labute approximate surface area is 115 Å². The highest BCUT2D eigenvalue weighted by Crippen LogP contribution is 2.32. The largest absolute Gasteiger partial charge is 0.331 e. The summed E-state index contributed by atoms with van der Waals surface area (Å²) in [5, 5.41) is 3.29. The van der Waals surface area contributed by atoms with E-state index in [2.05, 4.69) is 5.32 Å². The summed E-state index contributed by atoms with van der Waals surface area (Å²) in [4.78, 5) is 14.3. The molecule has 2 atom stereocenters. The molecule has 1 aliphatic rings. The molecule has 94 valence electrons. The van der Waals surface area contributed by atoms with E-state index in [1.165, 1.54) is 11.3 Å². The summed E-state index contributed by atoms with van der Waals surface area (Å²) >= 11 is 13.1. The fourth-order valence-electron chi connectivity index (χ4n) is 2.16. The maximum Gasteiger partial charge on any atom is 0.256 e. The molecule has 6 heteroatoms. The second-order valence-corrected chi connectivity index (χ2v) is 6.59. The third-order valence-electron chi connectivity index (χ3n) is 2.95. The SMILES string of the molecule is CC1CNCC(C)N1C(=O)c1cc(Cl)sc1Cl. The number of thiophene rings is 1. The summed E-state index contributed by atoms with van der Waals surface area (Å²) in [7, 11) is 0. The molecule has 0 bridgehead atoms. The molecule has 2 heterocycles. The average Bonchev–Trinajstić information content (AvgIpc) is 2.57. The summed E-state index contributed by atoms with van der Waals surface area (Å²) in [5.41, 5.74) is 0.516. The Balaban J connectivity index is 2.27. The van der Waals surface area contributed by atoms with Gasteiger partial charge in [-0.3, -0.25) is 4.79 Å². The molecule has 1 saturated heterocycles. The third-order valence-corrected chi connectivity index (χ3v) is 4.44. The first-order valence-electron chi connectivity index (χ1n) is 5.49. The van der Waals surface area contributed by atoms with Crippen LogP contribution in [0.3, 0.4) is 0 Å². The molecule has 0 saturated carbocycles. The lowest BCUT2D eigenvalue weighted by atomic mass is 10.1. The van der Waals surface area contributed by atoms with Crippen LogP contribution in [0.25, 0.3) is 0 Å². The zero-order chi connectivity index (χ0) is 12.6. The van der Waals surface area contributed by atoms with Crippen molar-refractivity contribution >= 4 is 40.4 Å². The van der Waals surface area contributed by atoms with Crippen molar-refractivity contribution in [3.05, 3.63) is 20.3 Å². The number of nitrogens with one attached hydrogen (secondary N) is 1. The second kappa shape index (κ2) is 5.14. The highest BCUT2D eigenvalue weighted by Gasteiger charge is 2.31. The molecule has 1 aromatic heterocycles. The van der Waals surface area contributed by atoms with Gasteiger partial charge in [-0.1, -0.05) is 23.2 Å². The molecular formula is C11H14Cl2N2OS. The number of carbonyl (C=O) groups excluding carboxylic acids is 1. The van der Waals surface area contributed by atoms with Crippen molar-refractivity contribution in [2.75, 3.05) is 13.1 Å². The summed E-state index contributed by atoms with van der Waals surface area (Å²) in [6.45, 7) is 5.68. The number of piperazine rings is 1. The fourth-order valence-corrected chi connectivity index (χ4v) is 3.61. The minimum Gasteiger partial charge on any atom is -0.331 e. The molecule has 0 spiro atoms. The lowest BCUT2D eigenvalue weighted by Gasteiger charge is -2.39. The van der Waals surface area contributed by atoms with Crippen LogP contribution in [0, 0.1) is 0 Å². The van der Waals surface area contributed by atoms with Crippen molar-refractivity contribution in [3.63, 3.8) is 0 Å². The molecule has 1 fully saturated rings. The first-order valence-corrected chi connectivity index (χ1v) is 7.06. The lowest BCUT2D eigenvalue weighted by molar-refractivity contribution is 0.0545. The van der Waals surface area contributed by atoms with E-state index < -0.39 is 0 Å². The maximum absolute atomic E-state index is 12.4. The number of amides is 1. The Kier molecular flexibility index (Phi) is 3.98. The Morgan fingerprint density at radius 1 is 1.41 bits per heavy atom. The number of hydrogen-bond donors (Lipinski definition) is 1. The number of hydrogen-bond acceptors (Lipinski definition) is 3. The van der Waals surface area contributed by atoms with E-state index in [9.17, 15) is 4.79 Å². The molecule has 1 N–H and O–H groups in total. The maximum atomic E-state index is 12.4. The van der Waals surface area contributed by atoms with Crippen LogP contribution in [0.2, 0.25) is 8.67 Å². The lowest BCUT2D eigenvalue weighted by Crippen LogP contribution is -2.57. The van der Waals surface area contributed by atoms with Crippen molar-refractivity contribution in [2.24, 2.45) is 0 Å². The van der Waals surface area contributed by atoms with Gasteiger partial charge in [0.25, 0.3) is 5.91 Å². The van der Waals surface area contributed by atoms with Crippen LogP contribution in [0.5, 0.6) is 0 Å². The van der Waals surface area contributed by atoms with Gasteiger partial charge >= 0.3 is 0 Å². The molecule has 2 rings (SSSR count). The summed E-state index contributed by atoms with van der Waals surface area (Å²) < 4.78 is 1.02. The molecule has 0 radical (unpaired) electrons. The third kappa shape index (κ3) is 2.60. The predicted octanol–water partition coefficient (Wildman–Crippen LogP) is 2.88. The number of nitrogens with zero attached hydrogens (tertiary/aromatic N) is 1. The van der Waals surface area contributed by atoms with E-state index in [4.69, 9.17) is 23.2 Å². The Morgan fingerprint density at radius 3 is 2.47 bits per heavy atom. The molecule has 3 nitrogen and oxygen atoms in total. The normalized spacial score (nSPS) is 25.1. The Hall–Kier alpha value is -0.290. The first-order chi connectivity index (χ1) is 8.00. The highest BCUT2D eigenvalue weighted by molar-refractivity contribution is 7.20. The number of carbonyl (C=O) groups is 1. The van der Waals surface area contributed by atoms with Crippen LogP contribution < -0.4 is 5.32 Å². The van der Waals surface area contributed by atoms with Crippen LogP contribution >= 0.6 is 34.5 Å². The van der Waals surface area contributed by atoms with Crippen LogP contribution in [0.1, 0.15) is 24.2 Å². The Morgan fingerprint density at radius 2 is 2.00 bits per heavy atom. The van der Waals surface area contributed by atoms with Gasteiger partial charge in [-0.05, 0) is 19.9 Å². The monoisotopic (exact) mass is 292 g/mol. The van der Waals surface area contributed by atoms with E-state index in [0.29, 0.717) is 14.2 Å². The molecular weight excluding hydrogens is 279 g/mol. The second-order valence-electron chi connectivity index (χ2n) is 4.31. The van der Waals surface area contributed by atoms with Gasteiger partial charge in [-0.25, -0.2) is 0 Å². The minimum atomic E-state index is -0.0281. The van der Waals surface area contributed by atoms with Crippen LogP contribution in [-0.4, -0.2) is 36.0 Å². The standard InChI is InChI=1S/C11H14Cl2N2OS/c1-6-4-14-5-7(2)15(6)11(16)8-3-9(12)17-10(8)13/h3,6-7,14H,4-5H2,1-2H3. The van der Waals surface area contributed by atoms with Crippen molar-refractivity contribution in [1.82, 2.24) is 10.2 Å². The van der Waals surface area contributed by atoms with Crippen LogP contribution in [-0.2, 0) is 0 Å². The average molecular weight is 293 g/mol. The fraction of sp³-hybridized carbons (Fsp3) is 0.545. The van der Waals surface area contributed by atoms with Crippen molar-refractivity contribution in [2.45, 2.75) is 25.9 Å². The molecule has 1 aliphatic heterocycles. The smallest absolute Gasteiger partial charge is 0.256 e. The van der Waals surface area contributed by atoms with Crippen LogP contribution in [0.15, 0.2) is 6.07 Å². The van der Waals surface area contributed by atoms with E-state index in [-0.39, 0.29) is 18.0 Å². The van der Waals surface area contributed by atoms with Crippen molar-refractivity contribution < 1.29 is 4.79 Å². The van der Waals surface area contributed by atoms with Crippen molar-refractivity contribution in [1.29, 1.82) is 0 Å². The molecule has 1 aromatic rings. The van der Waals surface area contributed by atoms with Gasteiger partial charge in [0.05, 0.1) is 9.90 Å². The molecule has 2 unspecified atom stereocenters. The summed E-state index contributed by atoms with van der Waals surface area (Å²) in [6, 6.07) is 1.99. The van der Waals surface area contributed by atoms with Gasteiger partial charge < -0.3 is 10.2 Å². The van der Waals surface area contributed by atoms with Gasteiger partial charge in [0, 0.05) is 25.2 Å². The number of rotatable bonds is 1. The van der Waals surface area contributed by atoms with Gasteiger partial charge in [-0.15, -0.1) is 11.3 Å². The molecule has 1 amide bonds. The Bertz CT molecular complexity index is 425. The topological polar surface area (TPSA) is 32.3 Å². The predicted molar refractivity (Wildman–Crippen MR) is 72.3 cm³/mol. The zero-order valence-corrected chi connectivity index (χ0v) is 12.0. The summed E-state index contributed by atoms with van der Waals surface area (Å²) in [5.74, 6) is -0.0281. The highest BCUT2D eigenvalue weighted by atomic mass is 35.5. The van der Waals surface area contributed by atoms with Gasteiger partial charge in [0.1, 0.15) is 4.34 Å². The molecule has 17 heavy (non-hydrogen) atoms. The van der Waals surface area contributed by atoms with Gasteiger partial charge in [-0.2, -0.15) is 0 Å². The zero-order valence-electron chi connectivity index (χ0n) is 9.67. The van der Waals surface area contributed by atoms with Gasteiger partial charge in [0.15, 0.2) is 0 Å². The van der Waals surface area contributed by atoms with E-state index >= 15 is 0 Å². The number of halogens is 2. The summed E-state index contributed by atoms with van der Waals surface area (Å²) in [6.07, 6.45) is 0. The first kappa shape index (κ1) is 13.1. The van der Waals surface area contributed by atoms with Gasteiger partial charge in [0.2, 0.25) is 0 Å². The van der Waals surface area contributed by atoms with E-state index in [0.717, 1.165) is 13.1 Å².